The Morgan fingerprint density at radius 2 is 1.92 bits per heavy atom. The third kappa shape index (κ3) is 4.43. The van der Waals surface area contributed by atoms with Crippen molar-refractivity contribution in [1.29, 1.82) is 0 Å². The maximum atomic E-state index is 13.0. The van der Waals surface area contributed by atoms with Crippen LogP contribution in [0.1, 0.15) is 31.7 Å². The first-order valence-corrected chi connectivity index (χ1v) is 10.1. The van der Waals surface area contributed by atoms with Gasteiger partial charge in [0.2, 0.25) is 0 Å². The number of rotatable bonds is 9. The normalized spacial score (nSPS) is 13.1. The molecule has 0 aliphatic carbocycles. The number of carboxylic acids is 1. The SMILES string of the molecule is CCCCC(C(=O)O)N(Cc1ccccc1)S(=O)(=O)c1cccs1. The fourth-order valence-corrected chi connectivity index (χ4v) is 5.16. The summed E-state index contributed by atoms with van der Waals surface area (Å²) in [5.41, 5.74) is 0.764. The van der Waals surface area contributed by atoms with E-state index in [-0.39, 0.29) is 10.8 Å². The molecule has 0 aliphatic heterocycles. The zero-order chi connectivity index (χ0) is 17.6. The van der Waals surface area contributed by atoms with Crippen LogP contribution in [0.25, 0.3) is 0 Å². The van der Waals surface area contributed by atoms with Crippen molar-refractivity contribution in [3.8, 4) is 0 Å². The molecule has 2 aromatic rings. The van der Waals surface area contributed by atoms with Crippen LogP contribution in [0.15, 0.2) is 52.1 Å². The molecule has 1 aromatic heterocycles. The topological polar surface area (TPSA) is 74.7 Å². The maximum Gasteiger partial charge on any atom is 0.322 e. The van der Waals surface area contributed by atoms with E-state index in [2.05, 4.69) is 0 Å². The van der Waals surface area contributed by atoms with E-state index in [0.717, 1.165) is 27.6 Å². The summed E-state index contributed by atoms with van der Waals surface area (Å²) in [6.45, 7) is 2.00. The number of hydrogen-bond donors (Lipinski definition) is 1. The fourth-order valence-electron chi connectivity index (χ4n) is 2.44. The minimum Gasteiger partial charge on any atom is -0.480 e. The lowest BCUT2D eigenvalue weighted by Gasteiger charge is -2.27. The molecular weight excluding hydrogens is 346 g/mol. The molecule has 0 radical (unpaired) electrons. The summed E-state index contributed by atoms with van der Waals surface area (Å²) in [4.78, 5) is 11.8. The second-order valence-electron chi connectivity index (χ2n) is 5.46. The van der Waals surface area contributed by atoms with Gasteiger partial charge in [-0.25, -0.2) is 8.42 Å². The van der Waals surface area contributed by atoms with Crippen LogP contribution in [0.4, 0.5) is 0 Å². The third-order valence-corrected chi connectivity index (χ3v) is 6.93. The van der Waals surface area contributed by atoms with E-state index in [1.165, 1.54) is 6.07 Å². The van der Waals surface area contributed by atoms with Gasteiger partial charge in [-0.3, -0.25) is 4.79 Å². The molecule has 0 saturated heterocycles. The number of aliphatic carboxylic acids is 1. The zero-order valence-electron chi connectivity index (χ0n) is 13.5. The van der Waals surface area contributed by atoms with Crippen molar-refractivity contribution in [2.45, 2.75) is 43.0 Å². The fraction of sp³-hybridized carbons (Fsp3) is 0.353. The molecule has 1 unspecified atom stereocenters. The van der Waals surface area contributed by atoms with Crippen LogP contribution in [-0.2, 0) is 21.4 Å². The Morgan fingerprint density at radius 1 is 1.21 bits per heavy atom. The summed E-state index contributed by atoms with van der Waals surface area (Å²) in [6.07, 6.45) is 1.76. The van der Waals surface area contributed by atoms with Gasteiger partial charge < -0.3 is 5.11 Å². The van der Waals surface area contributed by atoms with Gasteiger partial charge in [0, 0.05) is 6.54 Å². The molecule has 0 aliphatic rings. The summed E-state index contributed by atoms with van der Waals surface area (Å²) < 4.78 is 27.2. The van der Waals surface area contributed by atoms with Crippen molar-refractivity contribution in [2.24, 2.45) is 0 Å². The highest BCUT2D eigenvalue weighted by molar-refractivity contribution is 7.91. The van der Waals surface area contributed by atoms with Crippen molar-refractivity contribution in [1.82, 2.24) is 4.31 Å². The van der Waals surface area contributed by atoms with Gasteiger partial charge in [0.25, 0.3) is 10.0 Å². The molecule has 0 fully saturated rings. The van der Waals surface area contributed by atoms with E-state index in [4.69, 9.17) is 0 Å². The average molecular weight is 367 g/mol. The van der Waals surface area contributed by atoms with Gasteiger partial charge in [0.1, 0.15) is 10.3 Å². The monoisotopic (exact) mass is 367 g/mol. The van der Waals surface area contributed by atoms with E-state index in [0.29, 0.717) is 12.8 Å². The summed E-state index contributed by atoms with van der Waals surface area (Å²) >= 11 is 1.10. The number of carbonyl (C=O) groups is 1. The quantitative estimate of drug-likeness (QED) is 0.735. The largest absolute Gasteiger partial charge is 0.480 e. The minimum absolute atomic E-state index is 0.0434. The minimum atomic E-state index is -3.86. The first-order chi connectivity index (χ1) is 11.5. The predicted molar refractivity (Wildman–Crippen MR) is 94.4 cm³/mol. The van der Waals surface area contributed by atoms with Crippen LogP contribution in [-0.4, -0.2) is 29.8 Å². The number of thiophene rings is 1. The van der Waals surface area contributed by atoms with Crippen molar-refractivity contribution in [3.05, 3.63) is 53.4 Å². The summed E-state index contributed by atoms with van der Waals surface area (Å²) in [5.74, 6) is -1.11. The van der Waals surface area contributed by atoms with Gasteiger partial charge in [-0.15, -0.1) is 11.3 Å². The Kier molecular flexibility index (Phi) is 6.53. The van der Waals surface area contributed by atoms with Gasteiger partial charge in [0.05, 0.1) is 0 Å². The van der Waals surface area contributed by atoms with Crippen LogP contribution in [0, 0.1) is 0 Å². The summed E-state index contributed by atoms with van der Waals surface area (Å²) in [7, 11) is -3.86. The van der Waals surface area contributed by atoms with Crippen LogP contribution in [0.3, 0.4) is 0 Å². The van der Waals surface area contributed by atoms with Gasteiger partial charge >= 0.3 is 5.97 Å². The molecule has 1 N–H and O–H groups in total. The Labute approximate surface area is 146 Å². The van der Waals surface area contributed by atoms with E-state index in [1.54, 1.807) is 23.6 Å². The Morgan fingerprint density at radius 3 is 2.46 bits per heavy atom. The molecule has 7 heteroatoms. The van der Waals surface area contributed by atoms with Crippen LogP contribution in [0.5, 0.6) is 0 Å². The van der Waals surface area contributed by atoms with E-state index < -0.39 is 22.0 Å². The molecule has 2 rings (SSSR count). The van der Waals surface area contributed by atoms with Gasteiger partial charge in [-0.2, -0.15) is 4.31 Å². The molecule has 5 nitrogen and oxygen atoms in total. The highest BCUT2D eigenvalue weighted by Crippen LogP contribution is 2.26. The van der Waals surface area contributed by atoms with Gasteiger partial charge in [-0.1, -0.05) is 56.2 Å². The molecule has 0 amide bonds. The van der Waals surface area contributed by atoms with E-state index >= 15 is 0 Å². The second-order valence-corrected chi connectivity index (χ2v) is 8.53. The van der Waals surface area contributed by atoms with Crippen molar-refractivity contribution in [2.75, 3.05) is 0 Å². The van der Waals surface area contributed by atoms with Crippen molar-refractivity contribution in [3.63, 3.8) is 0 Å². The Bertz CT molecular complexity index is 742. The number of hydrogen-bond acceptors (Lipinski definition) is 4. The Hall–Kier alpha value is -1.70. The number of benzene rings is 1. The number of carboxylic acid groups (broad SMARTS) is 1. The third-order valence-electron chi connectivity index (χ3n) is 3.70. The number of unbranched alkanes of at least 4 members (excludes halogenated alkanes) is 1. The van der Waals surface area contributed by atoms with Gasteiger partial charge in [-0.05, 0) is 23.4 Å². The predicted octanol–water partition coefficient (Wildman–Crippen LogP) is 3.58. The van der Waals surface area contributed by atoms with E-state index in [9.17, 15) is 18.3 Å². The van der Waals surface area contributed by atoms with Crippen molar-refractivity contribution >= 4 is 27.3 Å². The highest BCUT2D eigenvalue weighted by Gasteiger charge is 2.36. The molecule has 1 heterocycles. The lowest BCUT2D eigenvalue weighted by molar-refractivity contribution is -0.141. The van der Waals surface area contributed by atoms with Crippen LogP contribution < -0.4 is 0 Å². The standard InChI is InChI=1S/C17H21NO4S2/c1-2-3-10-15(17(19)20)18(13-14-8-5-4-6-9-14)24(21,22)16-11-7-12-23-16/h4-9,11-12,15H,2-3,10,13H2,1H3,(H,19,20). The smallest absolute Gasteiger partial charge is 0.322 e. The zero-order valence-corrected chi connectivity index (χ0v) is 15.1. The molecular formula is C17H21NO4S2. The first kappa shape index (κ1) is 18.6. The van der Waals surface area contributed by atoms with E-state index in [1.807, 2.05) is 25.1 Å². The molecule has 24 heavy (non-hydrogen) atoms. The molecule has 0 bridgehead atoms. The number of sulfonamides is 1. The number of nitrogens with zero attached hydrogens (tertiary/aromatic N) is 1. The molecule has 1 atom stereocenters. The first-order valence-electron chi connectivity index (χ1n) is 7.79. The van der Waals surface area contributed by atoms with Crippen LogP contribution >= 0.6 is 11.3 Å². The average Bonchev–Trinajstić information content (AvgIpc) is 3.10. The molecule has 0 spiro atoms. The summed E-state index contributed by atoms with van der Waals surface area (Å²) in [5, 5.41) is 11.3. The lowest BCUT2D eigenvalue weighted by Crippen LogP contribution is -2.44. The van der Waals surface area contributed by atoms with Crippen molar-refractivity contribution < 1.29 is 18.3 Å². The maximum absolute atomic E-state index is 13.0. The lowest BCUT2D eigenvalue weighted by atomic mass is 10.1. The van der Waals surface area contributed by atoms with Crippen LogP contribution in [0.2, 0.25) is 0 Å². The summed E-state index contributed by atoms with van der Waals surface area (Å²) in [6, 6.07) is 11.2. The van der Waals surface area contributed by atoms with Gasteiger partial charge in [0.15, 0.2) is 0 Å². The molecule has 0 saturated carbocycles. The molecule has 1 aromatic carbocycles. The molecule has 130 valence electrons. The highest BCUT2D eigenvalue weighted by atomic mass is 32.2. The Balaban J connectivity index is 2.42. The second kappa shape index (κ2) is 8.41.